The molecule has 0 bridgehead atoms. The summed E-state index contributed by atoms with van der Waals surface area (Å²) in [6.45, 7) is 2.99. The smallest absolute Gasteiger partial charge is 0.255 e. The molecule has 11 heteroatoms. The van der Waals surface area contributed by atoms with Crippen LogP contribution in [-0.2, 0) is 11.3 Å². The molecule has 0 saturated carbocycles. The number of carbonyl (C=O) groups excluding carboxylic acids is 2. The van der Waals surface area contributed by atoms with Crippen molar-refractivity contribution in [2.45, 2.75) is 25.4 Å². The molecule has 0 aliphatic carbocycles. The fraction of sp³-hybridized carbons (Fsp3) is 0.263. The highest BCUT2D eigenvalue weighted by Crippen LogP contribution is 2.37. The summed E-state index contributed by atoms with van der Waals surface area (Å²) >= 11 is 0. The number of likely N-dealkylation sites (tertiary alicyclic amines) is 1. The number of aromatic nitrogens is 2. The van der Waals surface area contributed by atoms with Crippen LogP contribution in [0.1, 0.15) is 40.4 Å². The molecule has 7 rings (SSSR count). The first-order valence-electron chi connectivity index (χ1n) is 16.3. The number of amides is 2. The van der Waals surface area contributed by atoms with Gasteiger partial charge in [-0.1, -0.05) is 48.5 Å². The molecule has 0 spiro atoms. The molecule has 250 valence electrons. The largest absolute Gasteiger partial charge is 0.493 e. The highest BCUT2D eigenvalue weighted by molar-refractivity contribution is 6.04. The Bertz CT molecular complexity index is 2000. The first-order chi connectivity index (χ1) is 23.9. The van der Waals surface area contributed by atoms with E-state index in [9.17, 15) is 9.59 Å². The van der Waals surface area contributed by atoms with Gasteiger partial charge in [-0.3, -0.25) is 9.59 Å². The number of methoxy groups -OCH3 is 1. The highest BCUT2D eigenvalue weighted by atomic mass is 19.1. The van der Waals surface area contributed by atoms with Gasteiger partial charge in [-0.2, -0.15) is 0 Å². The third-order valence-corrected chi connectivity index (χ3v) is 9.25. The van der Waals surface area contributed by atoms with Gasteiger partial charge >= 0.3 is 0 Å². The molecule has 10 nitrogen and oxygen atoms in total. The van der Waals surface area contributed by atoms with E-state index in [1.165, 1.54) is 18.5 Å². The predicted molar refractivity (Wildman–Crippen MR) is 186 cm³/mol. The molecule has 0 radical (unpaired) electrons. The van der Waals surface area contributed by atoms with Gasteiger partial charge in [-0.15, -0.1) is 0 Å². The van der Waals surface area contributed by atoms with Crippen LogP contribution in [0.25, 0.3) is 10.9 Å². The maximum absolute atomic E-state index is 15.6. The Hall–Kier alpha value is -5.55. The second-order valence-electron chi connectivity index (χ2n) is 12.5. The Morgan fingerprint density at radius 3 is 2.51 bits per heavy atom. The lowest BCUT2D eigenvalue weighted by molar-refractivity contribution is -0.120. The number of nitrogens with one attached hydrogen (secondary N) is 2. The van der Waals surface area contributed by atoms with Gasteiger partial charge in [0.2, 0.25) is 0 Å². The molecule has 5 aromatic rings. The molecular formula is C38H37FN6O4. The number of ether oxygens (including phenoxy) is 2. The van der Waals surface area contributed by atoms with E-state index in [-0.39, 0.29) is 17.3 Å². The van der Waals surface area contributed by atoms with Crippen molar-refractivity contribution in [2.75, 3.05) is 44.5 Å². The van der Waals surface area contributed by atoms with Gasteiger partial charge in [-0.05, 0) is 80.4 Å². The van der Waals surface area contributed by atoms with Gasteiger partial charge in [0.15, 0.2) is 11.5 Å². The summed E-state index contributed by atoms with van der Waals surface area (Å²) in [6, 6.07) is 23.5. The quantitative estimate of drug-likeness (QED) is 0.173. The number of halogens is 1. The molecule has 2 aliphatic rings. The Kier molecular flexibility index (Phi) is 9.08. The van der Waals surface area contributed by atoms with Gasteiger partial charge in [0.05, 0.1) is 24.9 Å². The van der Waals surface area contributed by atoms with Crippen molar-refractivity contribution in [2.24, 2.45) is 5.92 Å². The van der Waals surface area contributed by atoms with Crippen LogP contribution in [0.5, 0.6) is 11.5 Å². The minimum absolute atomic E-state index is 0.157. The lowest BCUT2D eigenvalue weighted by atomic mass is 9.98. The Balaban J connectivity index is 1.08. The average molecular weight is 661 g/mol. The van der Waals surface area contributed by atoms with Crippen LogP contribution in [0, 0.1) is 11.7 Å². The predicted octanol–water partition coefficient (Wildman–Crippen LogP) is 6.58. The normalized spacial score (nSPS) is 15.6. The number of hydrogen-bond acceptors (Lipinski definition) is 8. The Morgan fingerprint density at radius 2 is 1.76 bits per heavy atom. The van der Waals surface area contributed by atoms with Crippen molar-refractivity contribution >= 4 is 39.9 Å². The maximum atomic E-state index is 15.6. The molecule has 4 aromatic carbocycles. The number of carbonyl (C=O) groups is 2. The lowest BCUT2D eigenvalue weighted by Gasteiger charge is -2.28. The van der Waals surface area contributed by atoms with E-state index in [1.54, 1.807) is 48.4 Å². The number of benzene rings is 4. The number of hydrogen-bond donors (Lipinski definition) is 2. The number of nitrogens with zero attached hydrogens (tertiary/aromatic N) is 4. The Labute approximate surface area is 283 Å². The zero-order valence-corrected chi connectivity index (χ0v) is 27.4. The van der Waals surface area contributed by atoms with Crippen LogP contribution in [0.4, 0.5) is 21.6 Å². The maximum Gasteiger partial charge on any atom is 0.255 e. The third-order valence-electron chi connectivity index (χ3n) is 9.25. The second-order valence-corrected chi connectivity index (χ2v) is 12.5. The first-order valence-corrected chi connectivity index (χ1v) is 16.3. The van der Waals surface area contributed by atoms with Crippen LogP contribution in [0.15, 0.2) is 91.3 Å². The van der Waals surface area contributed by atoms with Crippen molar-refractivity contribution in [1.29, 1.82) is 0 Å². The van der Waals surface area contributed by atoms with Crippen LogP contribution < -0.4 is 20.1 Å². The van der Waals surface area contributed by atoms with E-state index in [1.807, 2.05) is 36.4 Å². The molecule has 0 unspecified atom stereocenters. The fourth-order valence-electron chi connectivity index (χ4n) is 6.50. The summed E-state index contributed by atoms with van der Waals surface area (Å²) in [7, 11) is 3.71. The molecule has 1 saturated heterocycles. The minimum atomic E-state index is -0.914. The van der Waals surface area contributed by atoms with Crippen molar-refractivity contribution in [3.8, 4) is 11.5 Å². The van der Waals surface area contributed by atoms with Crippen molar-refractivity contribution in [3.63, 3.8) is 0 Å². The summed E-state index contributed by atoms with van der Waals surface area (Å²) in [5, 5.41) is 6.53. The van der Waals surface area contributed by atoms with Crippen molar-refractivity contribution in [1.82, 2.24) is 19.8 Å². The summed E-state index contributed by atoms with van der Waals surface area (Å²) in [5.41, 5.74) is 3.11. The SMILES string of the molecule is COc1cc2c(Nc3ccc(NC(=O)[C@@H](c4ccccc4)N4Cc5ccccc5C4=O)cc3F)ncnc2cc1OCC1CCN(C)CC1. The average Bonchev–Trinajstić information content (AvgIpc) is 3.44. The summed E-state index contributed by atoms with van der Waals surface area (Å²) in [6.07, 6.45) is 3.57. The monoisotopic (exact) mass is 660 g/mol. The van der Waals surface area contributed by atoms with E-state index in [4.69, 9.17) is 9.47 Å². The molecule has 2 amide bonds. The molecule has 1 fully saturated rings. The fourth-order valence-corrected chi connectivity index (χ4v) is 6.50. The van der Waals surface area contributed by atoms with Gasteiger partial charge in [0.25, 0.3) is 11.8 Å². The molecule has 2 aliphatic heterocycles. The first kappa shape index (κ1) is 32.0. The number of piperidine rings is 1. The molecule has 1 aromatic heterocycles. The molecule has 1 atom stereocenters. The summed E-state index contributed by atoms with van der Waals surface area (Å²) in [5.74, 6) is 0.708. The van der Waals surface area contributed by atoms with Gasteiger partial charge < -0.3 is 29.9 Å². The van der Waals surface area contributed by atoms with Crippen LogP contribution in [0.3, 0.4) is 0 Å². The summed E-state index contributed by atoms with van der Waals surface area (Å²) < 4.78 is 27.4. The van der Waals surface area contributed by atoms with Crippen LogP contribution in [0.2, 0.25) is 0 Å². The molecule has 3 heterocycles. The van der Waals surface area contributed by atoms with E-state index in [2.05, 4.69) is 32.5 Å². The minimum Gasteiger partial charge on any atom is -0.493 e. The highest BCUT2D eigenvalue weighted by Gasteiger charge is 2.37. The van der Waals surface area contributed by atoms with Gasteiger partial charge in [-0.25, -0.2) is 14.4 Å². The second kappa shape index (κ2) is 13.9. The van der Waals surface area contributed by atoms with Gasteiger partial charge in [0, 0.05) is 29.2 Å². The van der Waals surface area contributed by atoms with Crippen molar-refractivity contribution in [3.05, 3.63) is 114 Å². The number of anilines is 3. The lowest BCUT2D eigenvalue weighted by Crippen LogP contribution is -2.37. The van der Waals surface area contributed by atoms with Crippen LogP contribution in [-0.4, -0.2) is 65.4 Å². The van der Waals surface area contributed by atoms with Crippen molar-refractivity contribution < 1.29 is 23.5 Å². The van der Waals surface area contributed by atoms with Crippen LogP contribution >= 0.6 is 0 Å². The van der Waals surface area contributed by atoms with E-state index in [0.717, 1.165) is 31.5 Å². The third kappa shape index (κ3) is 6.75. The molecule has 49 heavy (non-hydrogen) atoms. The van der Waals surface area contributed by atoms with E-state index >= 15 is 4.39 Å². The van der Waals surface area contributed by atoms with E-state index in [0.29, 0.717) is 58.4 Å². The zero-order valence-electron chi connectivity index (χ0n) is 27.4. The number of rotatable bonds is 10. The standard InChI is InChI=1S/C38H37FN6O4/c1-44-16-14-24(15-17-44)22-49-34-20-32-29(19-33(34)48-2)36(41-23-40-32)43-31-13-12-27(18-30(31)39)42-37(46)35(25-8-4-3-5-9-25)45-21-26-10-6-7-11-28(26)38(45)47/h3-13,18-20,23-24,35H,14-17,21-22H2,1-2H3,(H,42,46)(H,40,41,43)/t35-/m1/s1. The summed E-state index contributed by atoms with van der Waals surface area (Å²) in [4.78, 5) is 39.8. The number of fused-ring (bicyclic) bond motifs is 2. The van der Waals surface area contributed by atoms with Gasteiger partial charge in [0.1, 0.15) is 24.0 Å². The zero-order chi connectivity index (χ0) is 33.9. The van der Waals surface area contributed by atoms with E-state index < -0.39 is 17.8 Å². The molecular weight excluding hydrogens is 623 g/mol. The molecule has 2 N–H and O–H groups in total. The topological polar surface area (TPSA) is 109 Å². The Morgan fingerprint density at radius 1 is 0.980 bits per heavy atom.